The lowest BCUT2D eigenvalue weighted by Gasteiger charge is -2.05. The van der Waals surface area contributed by atoms with Gasteiger partial charge in [-0.15, -0.1) is 4.33 Å². The third-order valence-corrected chi connectivity index (χ3v) is 4.31. The summed E-state index contributed by atoms with van der Waals surface area (Å²) in [6.07, 6.45) is 3.75. The summed E-state index contributed by atoms with van der Waals surface area (Å²) >= 11 is 0. The van der Waals surface area contributed by atoms with Crippen LogP contribution in [0.25, 0.3) is 12.2 Å². The van der Waals surface area contributed by atoms with E-state index in [0.717, 1.165) is 11.1 Å². The zero-order valence-corrected chi connectivity index (χ0v) is 15.7. The van der Waals surface area contributed by atoms with E-state index in [4.69, 9.17) is 32.6 Å². The van der Waals surface area contributed by atoms with Gasteiger partial charge in [0.1, 0.15) is 17.4 Å². The third kappa shape index (κ3) is 7.29. The van der Waals surface area contributed by atoms with Crippen molar-refractivity contribution in [1.29, 1.82) is 10.8 Å². The topological polar surface area (TPSA) is 184 Å². The molecule has 0 atom stereocenters. The van der Waals surface area contributed by atoms with E-state index < -0.39 is 22.5 Å². The molecule has 0 spiro atoms. The van der Waals surface area contributed by atoms with Gasteiger partial charge in [0.2, 0.25) is 0 Å². The number of hydrogen-bond donors (Lipinski definition) is 6. The summed E-state index contributed by atoms with van der Waals surface area (Å²) in [4.78, 5) is 0. The van der Waals surface area contributed by atoms with Gasteiger partial charge in [0.05, 0.1) is 6.61 Å². The molecule has 0 aliphatic heterocycles. The maximum atomic E-state index is 9.97. The molecule has 0 saturated heterocycles. The first kappa shape index (κ1) is 23.0. The maximum absolute atomic E-state index is 9.97. The molecule has 0 aliphatic rings. The average molecular weight is 406 g/mol. The van der Waals surface area contributed by atoms with Gasteiger partial charge in [0, 0.05) is 11.1 Å². The molecule has 0 radical (unpaired) electrons. The summed E-state index contributed by atoms with van der Waals surface area (Å²) in [5, 5.41) is 30.6. The van der Waals surface area contributed by atoms with Crippen molar-refractivity contribution in [2.45, 2.75) is 0 Å². The fourth-order valence-electron chi connectivity index (χ4n) is 2.10. The highest BCUT2D eigenvalue weighted by Crippen LogP contribution is 2.15. The SMILES string of the molecule is N=C(N)c1ccccc1/C=C/c1ccccc1C(=N)N.O=S(=O)(CCO)OO. The molecular formula is C18H22N4O5S. The van der Waals surface area contributed by atoms with E-state index >= 15 is 0 Å². The van der Waals surface area contributed by atoms with E-state index in [2.05, 4.69) is 4.33 Å². The first-order chi connectivity index (χ1) is 13.2. The highest BCUT2D eigenvalue weighted by Gasteiger charge is 2.07. The van der Waals surface area contributed by atoms with Gasteiger partial charge in [-0.2, -0.15) is 8.42 Å². The number of amidine groups is 2. The third-order valence-electron chi connectivity index (χ3n) is 3.40. The first-order valence-corrected chi connectivity index (χ1v) is 9.51. The van der Waals surface area contributed by atoms with Crippen LogP contribution in [-0.2, 0) is 14.5 Å². The van der Waals surface area contributed by atoms with Crippen LogP contribution in [0.4, 0.5) is 0 Å². The largest absolute Gasteiger partial charge is 0.395 e. The Labute approximate surface area is 163 Å². The molecule has 2 aromatic carbocycles. The molecule has 2 aromatic rings. The molecule has 150 valence electrons. The molecule has 2 rings (SSSR count). The summed E-state index contributed by atoms with van der Waals surface area (Å²) < 4.78 is 22.9. The highest BCUT2D eigenvalue weighted by atomic mass is 32.2. The number of benzene rings is 2. The van der Waals surface area contributed by atoms with Crippen molar-refractivity contribution < 1.29 is 23.1 Å². The molecule has 9 nitrogen and oxygen atoms in total. The standard InChI is InChI=1S/C16H16N4.C2H6O5S/c17-15(18)13-7-3-1-5-11(13)9-10-12-6-2-4-8-14(12)16(19)20;3-1-2-8(5,6)7-4/h1-10H,(H3,17,18)(H3,19,20);3-4H,1-2H2/b10-9+;. The lowest BCUT2D eigenvalue weighted by molar-refractivity contribution is -0.130. The van der Waals surface area contributed by atoms with Crippen LogP contribution >= 0.6 is 0 Å². The van der Waals surface area contributed by atoms with Crippen molar-refractivity contribution in [3.8, 4) is 0 Å². The van der Waals surface area contributed by atoms with Crippen molar-refractivity contribution in [2.24, 2.45) is 11.5 Å². The minimum atomic E-state index is -3.86. The van der Waals surface area contributed by atoms with Gasteiger partial charge in [-0.05, 0) is 11.1 Å². The number of aliphatic hydroxyl groups is 1. The van der Waals surface area contributed by atoms with E-state index in [9.17, 15) is 8.42 Å². The molecular weight excluding hydrogens is 384 g/mol. The molecule has 0 aliphatic carbocycles. The number of rotatable bonds is 7. The summed E-state index contributed by atoms with van der Waals surface area (Å²) in [6, 6.07) is 14.9. The summed E-state index contributed by atoms with van der Waals surface area (Å²) in [6.45, 7) is -0.553. The zero-order valence-electron chi connectivity index (χ0n) is 14.9. The molecule has 8 N–H and O–H groups in total. The van der Waals surface area contributed by atoms with Gasteiger partial charge in [-0.25, -0.2) is 5.26 Å². The number of aliphatic hydroxyl groups excluding tert-OH is 1. The quantitative estimate of drug-likeness (QED) is 0.131. The summed E-state index contributed by atoms with van der Waals surface area (Å²) in [5.41, 5.74) is 14.2. The predicted molar refractivity (Wildman–Crippen MR) is 108 cm³/mol. The van der Waals surface area contributed by atoms with Gasteiger partial charge in [-0.3, -0.25) is 10.8 Å². The Hall–Kier alpha value is -3.05. The fraction of sp³-hybridized carbons (Fsp3) is 0.111. The van der Waals surface area contributed by atoms with Gasteiger partial charge in [0.15, 0.2) is 0 Å². The van der Waals surface area contributed by atoms with Gasteiger partial charge < -0.3 is 16.6 Å². The molecule has 0 fully saturated rings. The molecule has 0 amide bonds. The van der Waals surface area contributed by atoms with Crippen LogP contribution in [0.3, 0.4) is 0 Å². The van der Waals surface area contributed by atoms with Crippen molar-refractivity contribution in [1.82, 2.24) is 0 Å². The predicted octanol–water partition coefficient (Wildman–Crippen LogP) is 1.22. The Morgan fingerprint density at radius 3 is 1.61 bits per heavy atom. The lowest BCUT2D eigenvalue weighted by atomic mass is 10.0. The maximum Gasteiger partial charge on any atom is 0.295 e. The van der Waals surface area contributed by atoms with Crippen LogP contribution in [0.1, 0.15) is 22.3 Å². The lowest BCUT2D eigenvalue weighted by Crippen LogP contribution is -2.13. The summed E-state index contributed by atoms with van der Waals surface area (Å²) in [7, 11) is -3.86. The second-order valence-electron chi connectivity index (χ2n) is 5.40. The van der Waals surface area contributed by atoms with Crippen molar-refractivity contribution >= 4 is 33.9 Å². The number of nitrogens with one attached hydrogen (secondary N) is 2. The molecule has 0 heterocycles. The molecule has 0 saturated carbocycles. The molecule has 0 unspecified atom stereocenters. The Morgan fingerprint density at radius 2 is 1.32 bits per heavy atom. The number of nitrogens with two attached hydrogens (primary N) is 2. The second-order valence-corrected chi connectivity index (χ2v) is 7.07. The average Bonchev–Trinajstić information content (AvgIpc) is 2.67. The van der Waals surface area contributed by atoms with Crippen molar-refractivity contribution in [3.63, 3.8) is 0 Å². The minimum absolute atomic E-state index is 0.0325. The van der Waals surface area contributed by atoms with Gasteiger partial charge >= 0.3 is 0 Å². The minimum Gasteiger partial charge on any atom is -0.395 e. The number of hydrogen-bond acceptors (Lipinski definition) is 7. The Morgan fingerprint density at radius 1 is 0.929 bits per heavy atom. The van der Waals surface area contributed by atoms with E-state index in [1.165, 1.54) is 0 Å². The van der Waals surface area contributed by atoms with E-state index in [1.54, 1.807) is 12.1 Å². The molecule has 28 heavy (non-hydrogen) atoms. The van der Waals surface area contributed by atoms with E-state index in [0.29, 0.717) is 11.1 Å². The first-order valence-electron chi connectivity index (χ1n) is 7.93. The van der Waals surface area contributed by atoms with Crippen molar-refractivity contribution in [3.05, 3.63) is 70.8 Å². The normalized spacial score (nSPS) is 10.9. The molecule has 10 heteroatoms. The highest BCUT2D eigenvalue weighted by molar-refractivity contribution is 7.86. The Bertz CT molecular complexity index is 898. The van der Waals surface area contributed by atoms with E-state index in [1.807, 2.05) is 48.6 Å². The number of nitrogen functional groups attached to an aromatic ring is 2. The van der Waals surface area contributed by atoms with Crippen LogP contribution in [0.2, 0.25) is 0 Å². The van der Waals surface area contributed by atoms with Crippen LogP contribution in [0.5, 0.6) is 0 Å². The summed E-state index contributed by atoms with van der Waals surface area (Å²) in [5.74, 6) is -0.515. The fourth-order valence-corrected chi connectivity index (χ4v) is 2.40. The van der Waals surface area contributed by atoms with Crippen LogP contribution in [0, 0.1) is 10.8 Å². The van der Waals surface area contributed by atoms with Crippen LogP contribution in [-0.4, -0.2) is 42.8 Å². The second kappa shape index (κ2) is 10.9. The van der Waals surface area contributed by atoms with Gasteiger partial charge in [-0.1, -0.05) is 60.7 Å². The van der Waals surface area contributed by atoms with Crippen LogP contribution in [0.15, 0.2) is 48.5 Å². The Balaban J connectivity index is 0.000000416. The molecule has 0 bridgehead atoms. The van der Waals surface area contributed by atoms with E-state index in [-0.39, 0.29) is 11.7 Å². The monoisotopic (exact) mass is 406 g/mol. The smallest absolute Gasteiger partial charge is 0.295 e. The van der Waals surface area contributed by atoms with Crippen LogP contribution < -0.4 is 11.5 Å². The molecule has 0 aromatic heterocycles. The van der Waals surface area contributed by atoms with Gasteiger partial charge in [0.25, 0.3) is 10.1 Å². The Kier molecular flexibility index (Phi) is 8.99. The zero-order chi connectivity index (χ0) is 21.2. The van der Waals surface area contributed by atoms with Crippen molar-refractivity contribution in [2.75, 3.05) is 12.4 Å².